The second-order valence-corrected chi connectivity index (χ2v) is 4.57. The second kappa shape index (κ2) is 2.73. The first-order valence-corrected chi connectivity index (χ1v) is 4.43. The van der Waals surface area contributed by atoms with E-state index < -0.39 is 0 Å². The third-order valence-electron chi connectivity index (χ3n) is 2.31. The fraction of sp³-hybridized carbons (Fsp3) is 0.889. The van der Waals surface area contributed by atoms with Crippen molar-refractivity contribution in [3.8, 4) is 0 Å². The number of hydrogen-bond acceptors (Lipinski definition) is 2. The second-order valence-electron chi connectivity index (χ2n) is 4.57. The molecule has 2 N–H and O–H groups in total. The number of likely N-dealkylation sites (tertiary alicyclic amines) is 1. The van der Waals surface area contributed by atoms with Crippen LogP contribution in [-0.2, 0) is 4.79 Å². The van der Waals surface area contributed by atoms with Gasteiger partial charge in [0.25, 0.3) is 0 Å². The average molecular weight is 170 g/mol. The van der Waals surface area contributed by atoms with E-state index in [2.05, 4.69) is 6.92 Å². The van der Waals surface area contributed by atoms with Gasteiger partial charge in [-0.25, -0.2) is 0 Å². The van der Waals surface area contributed by atoms with Crippen LogP contribution in [0.2, 0.25) is 0 Å². The molecule has 0 aliphatic carbocycles. The van der Waals surface area contributed by atoms with E-state index in [9.17, 15) is 4.79 Å². The monoisotopic (exact) mass is 170 g/mol. The summed E-state index contributed by atoms with van der Waals surface area (Å²) in [5.74, 6) is 0.0926. The molecular weight excluding hydrogens is 152 g/mol. The van der Waals surface area contributed by atoms with E-state index in [1.165, 1.54) is 0 Å². The first-order valence-electron chi connectivity index (χ1n) is 4.43. The van der Waals surface area contributed by atoms with Crippen LogP contribution in [0.1, 0.15) is 34.1 Å². The minimum absolute atomic E-state index is 0.0926. The maximum atomic E-state index is 11.6. The summed E-state index contributed by atoms with van der Waals surface area (Å²) in [5.41, 5.74) is 5.57. The molecule has 70 valence electrons. The van der Waals surface area contributed by atoms with Gasteiger partial charge in [-0.3, -0.25) is 4.79 Å². The highest BCUT2D eigenvalue weighted by Gasteiger charge is 2.40. The van der Waals surface area contributed by atoms with Crippen molar-refractivity contribution in [3.63, 3.8) is 0 Å². The predicted octanol–water partition coefficient (Wildman–Crippen LogP) is 0.733. The van der Waals surface area contributed by atoms with Crippen molar-refractivity contribution in [1.82, 2.24) is 4.90 Å². The molecule has 3 heteroatoms. The van der Waals surface area contributed by atoms with Gasteiger partial charge in [-0.15, -0.1) is 0 Å². The van der Waals surface area contributed by atoms with Crippen LogP contribution in [-0.4, -0.2) is 28.4 Å². The van der Waals surface area contributed by atoms with Crippen LogP contribution < -0.4 is 5.73 Å². The molecule has 2 atom stereocenters. The normalized spacial score (nSPS) is 31.4. The lowest BCUT2D eigenvalue weighted by Crippen LogP contribution is -2.48. The Labute approximate surface area is 73.9 Å². The lowest BCUT2D eigenvalue weighted by molar-refractivity contribution is -0.134. The molecule has 12 heavy (non-hydrogen) atoms. The first kappa shape index (κ1) is 9.52. The van der Waals surface area contributed by atoms with Crippen LogP contribution >= 0.6 is 0 Å². The molecule has 0 spiro atoms. The Morgan fingerprint density at radius 3 is 2.17 bits per heavy atom. The van der Waals surface area contributed by atoms with Crippen LogP contribution in [0.25, 0.3) is 0 Å². The zero-order chi connectivity index (χ0) is 9.52. The number of carbonyl (C=O) groups is 1. The summed E-state index contributed by atoms with van der Waals surface area (Å²) in [6, 6.07) is 0.00623. The molecule has 1 saturated heterocycles. The molecule has 3 nitrogen and oxygen atoms in total. The average Bonchev–Trinajstić information content (AvgIpc) is 2.05. The zero-order valence-electron chi connectivity index (χ0n) is 8.29. The number of amides is 1. The molecule has 1 amide bonds. The van der Waals surface area contributed by atoms with Crippen molar-refractivity contribution in [3.05, 3.63) is 0 Å². The summed E-state index contributed by atoms with van der Waals surface area (Å²) in [6.45, 7) is 8.17. The van der Waals surface area contributed by atoms with Gasteiger partial charge in [-0.05, 0) is 34.1 Å². The van der Waals surface area contributed by atoms with Crippen molar-refractivity contribution in [2.24, 2.45) is 5.73 Å². The van der Waals surface area contributed by atoms with Crippen LogP contribution in [0.15, 0.2) is 0 Å². The summed E-state index contributed by atoms with van der Waals surface area (Å²) in [6.07, 6.45) is 0.788. The number of rotatable bonds is 0. The minimum atomic E-state index is -0.278. The Kier molecular flexibility index (Phi) is 2.17. The van der Waals surface area contributed by atoms with Crippen molar-refractivity contribution < 1.29 is 4.79 Å². The van der Waals surface area contributed by atoms with Gasteiger partial charge in [0.05, 0.1) is 6.04 Å². The number of hydrogen-bond donors (Lipinski definition) is 1. The predicted molar refractivity (Wildman–Crippen MR) is 48.7 cm³/mol. The standard InChI is InChI=1S/C9H18N2O/c1-6-5-7(10)8(12)11(6)9(2,3)4/h6-7H,5,10H2,1-4H3/t6-,7?/m0/s1. The number of nitrogens with zero attached hydrogens (tertiary/aromatic N) is 1. The zero-order valence-corrected chi connectivity index (χ0v) is 8.29. The third-order valence-corrected chi connectivity index (χ3v) is 2.31. The van der Waals surface area contributed by atoms with Crippen LogP contribution in [0.5, 0.6) is 0 Å². The maximum absolute atomic E-state index is 11.6. The Morgan fingerprint density at radius 1 is 1.50 bits per heavy atom. The Bertz CT molecular complexity index is 195. The van der Waals surface area contributed by atoms with Crippen LogP contribution in [0.4, 0.5) is 0 Å². The van der Waals surface area contributed by atoms with E-state index in [-0.39, 0.29) is 23.5 Å². The van der Waals surface area contributed by atoms with E-state index in [4.69, 9.17) is 5.73 Å². The Morgan fingerprint density at radius 2 is 2.00 bits per heavy atom. The van der Waals surface area contributed by atoms with Crippen molar-refractivity contribution in [2.75, 3.05) is 0 Å². The molecule has 1 aliphatic heterocycles. The highest BCUT2D eigenvalue weighted by Crippen LogP contribution is 2.26. The minimum Gasteiger partial charge on any atom is -0.334 e. The van der Waals surface area contributed by atoms with E-state index in [0.29, 0.717) is 0 Å². The molecule has 0 aromatic heterocycles. The van der Waals surface area contributed by atoms with Gasteiger partial charge in [0.1, 0.15) is 0 Å². The quantitative estimate of drug-likeness (QED) is 0.582. The van der Waals surface area contributed by atoms with Crippen molar-refractivity contribution in [2.45, 2.75) is 51.7 Å². The lowest BCUT2D eigenvalue weighted by Gasteiger charge is -2.35. The Balaban J connectivity index is 2.84. The van der Waals surface area contributed by atoms with Gasteiger partial charge >= 0.3 is 0 Å². The SMILES string of the molecule is C[C@H]1CC(N)C(=O)N1C(C)(C)C. The maximum Gasteiger partial charge on any atom is 0.240 e. The molecule has 0 saturated carbocycles. The first-order chi connectivity index (χ1) is 5.34. The molecular formula is C9H18N2O. The molecule has 1 rings (SSSR count). The van der Waals surface area contributed by atoms with Gasteiger partial charge in [0.2, 0.25) is 5.91 Å². The molecule has 1 fully saturated rings. The van der Waals surface area contributed by atoms with Crippen LogP contribution in [0, 0.1) is 0 Å². The van der Waals surface area contributed by atoms with Gasteiger partial charge in [-0.1, -0.05) is 0 Å². The molecule has 0 bridgehead atoms. The summed E-state index contributed by atoms with van der Waals surface area (Å²) in [4.78, 5) is 13.4. The summed E-state index contributed by atoms with van der Waals surface area (Å²) in [7, 11) is 0. The van der Waals surface area contributed by atoms with E-state index in [0.717, 1.165) is 6.42 Å². The van der Waals surface area contributed by atoms with E-state index in [1.807, 2.05) is 25.7 Å². The molecule has 1 heterocycles. The number of carbonyl (C=O) groups excluding carboxylic acids is 1. The fourth-order valence-corrected chi connectivity index (χ4v) is 1.96. The van der Waals surface area contributed by atoms with Gasteiger partial charge in [0.15, 0.2) is 0 Å². The fourth-order valence-electron chi connectivity index (χ4n) is 1.96. The van der Waals surface area contributed by atoms with E-state index >= 15 is 0 Å². The molecule has 0 radical (unpaired) electrons. The van der Waals surface area contributed by atoms with E-state index in [1.54, 1.807) is 0 Å². The largest absolute Gasteiger partial charge is 0.334 e. The van der Waals surface area contributed by atoms with Gasteiger partial charge in [-0.2, -0.15) is 0 Å². The van der Waals surface area contributed by atoms with Gasteiger partial charge in [0, 0.05) is 11.6 Å². The number of nitrogens with two attached hydrogens (primary N) is 1. The van der Waals surface area contributed by atoms with Gasteiger partial charge < -0.3 is 10.6 Å². The summed E-state index contributed by atoms with van der Waals surface area (Å²) < 4.78 is 0. The van der Waals surface area contributed by atoms with Crippen LogP contribution in [0.3, 0.4) is 0 Å². The highest BCUT2D eigenvalue weighted by molar-refractivity contribution is 5.84. The van der Waals surface area contributed by atoms with Crippen molar-refractivity contribution >= 4 is 5.91 Å². The molecule has 1 aliphatic rings. The molecule has 1 unspecified atom stereocenters. The lowest BCUT2D eigenvalue weighted by atomic mass is 10.1. The Hall–Kier alpha value is -0.570. The van der Waals surface area contributed by atoms with Crippen molar-refractivity contribution in [1.29, 1.82) is 0 Å². The summed E-state index contributed by atoms with van der Waals surface area (Å²) >= 11 is 0. The smallest absolute Gasteiger partial charge is 0.240 e. The summed E-state index contributed by atoms with van der Waals surface area (Å²) in [5, 5.41) is 0. The molecule has 0 aromatic rings. The third kappa shape index (κ3) is 1.46. The molecule has 0 aromatic carbocycles. The highest BCUT2D eigenvalue weighted by atomic mass is 16.2. The topological polar surface area (TPSA) is 46.3 Å².